The molecule has 1 aromatic heterocycles. The molecule has 8 nitrogen and oxygen atoms in total. The summed E-state index contributed by atoms with van der Waals surface area (Å²) < 4.78 is 21.0. The molecule has 0 aliphatic heterocycles. The van der Waals surface area contributed by atoms with E-state index >= 15 is 0 Å². The first kappa shape index (κ1) is 20.9. The molecule has 3 aromatic rings. The maximum atomic E-state index is 12.2. The van der Waals surface area contributed by atoms with Crippen molar-refractivity contribution in [2.45, 2.75) is 13.0 Å². The number of oxazole rings is 1. The molecular formula is C22H22N2O6. The number of methoxy groups -OCH3 is 2. The van der Waals surface area contributed by atoms with Gasteiger partial charge in [0.1, 0.15) is 17.0 Å². The summed E-state index contributed by atoms with van der Waals surface area (Å²) in [5, 5.41) is 2.76. The van der Waals surface area contributed by atoms with E-state index in [4.69, 9.17) is 18.6 Å². The Morgan fingerprint density at radius 2 is 1.97 bits per heavy atom. The summed E-state index contributed by atoms with van der Waals surface area (Å²) in [6.07, 6.45) is 2.55. The van der Waals surface area contributed by atoms with Crippen LogP contribution in [-0.2, 0) is 14.3 Å². The van der Waals surface area contributed by atoms with Crippen LogP contribution in [0.4, 0.5) is 0 Å². The molecule has 0 aliphatic rings. The van der Waals surface area contributed by atoms with E-state index < -0.39 is 18.5 Å². The van der Waals surface area contributed by atoms with Crippen LogP contribution in [0.25, 0.3) is 17.2 Å². The summed E-state index contributed by atoms with van der Waals surface area (Å²) in [4.78, 5) is 28.3. The summed E-state index contributed by atoms with van der Waals surface area (Å²) in [7, 11) is 3.10. The minimum Gasteiger partial charge on any atom is -0.497 e. The third-order valence-corrected chi connectivity index (χ3v) is 4.30. The van der Waals surface area contributed by atoms with Gasteiger partial charge in [0.25, 0.3) is 5.91 Å². The molecular weight excluding hydrogens is 388 g/mol. The number of esters is 1. The second-order valence-corrected chi connectivity index (χ2v) is 6.36. The minimum atomic E-state index is -0.681. The fourth-order valence-electron chi connectivity index (χ4n) is 2.82. The molecule has 1 N–H and O–H groups in total. The molecule has 2 aromatic carbocycles. The van der Waals surface area contributed by atoms with E-state index in [1.165, 1.54) is 6.08 Å². The first-order chi connectivity index (χ1) is 14.5. The Kier molecular flexibility index (Phi) is 6.69. The van der Waals surface area contributed by atoms with E-state index in [1.807, 2.05) is 12.1 Å². The monoisotopic (exact) mass is 410 g/mol. The molecule has 1 atom stereocenters. The third-order valence-electron chi connectivity index (χ3n) is 4.30. The number of hydrogen-bond acceptors (Lipinski definition) is 7. The van der Waals surface area contributed by atoms with E-state index in [1.54, 1.807) is 51.5 Å². The Balaban J connectivity index is 1.53. The number of nitrogens with one attached hydrogen (secondary N) is 1. The molecule has 1 unspecified atom stereocenters. The third kappa shape index (κ3) is 5.16. The Morgan fingerprint density at radius 1 is 1.17 bits per heavy atom. The van der Waals surface area contributed by atoms with Gasteiger partial charge in [-0.3, -0.25) is 4.79 Å². The van der Waals surface area contributed by atoms with Crippen molar-refractivity contribution in [3.05, 3.63) is 60.0 Å². The largest absolute Gasteiger partial charge is 0.497 e. The molecule has 156 valence electrons. The number of carbonyl (C=O) groups excluding carboxylic acids is 2. The van der Waals surface area contributed by atoms with Gasteiger partial charge in [-0.1, -0.05) is 12.1 Å². The van der Waals surface area contributed by atoms with Crippen LogP contribution in [0.3, 0.4) is 0 Å². The van der Waals surface area contributed by atoms with Crippen molar-refractivity contribution < 1.29 is 28.2 Å². The molecule has 0 radical (unpaired) electrons. The molecule has 0 spiro atoms. The van der Waals surface area contributed by atoms with Crippen LogP contribution < -0.4 is 14.8 Å². The second-order valence-electron chi connectivity index (χ2n) is 6.36. The lowest BCUT2D eigenvalue weighted by atomic mass is 10.1. The van der Waals surface area contributed by atoms with Gasteiger partial charge in [0.05, 0.1) is 20.3 Å². The molecule has 30 heavy (non-hydrogen) atoms. The number of hydrogen-bond donors (Lipinski definition) is 1. The van der Waals surface area contributed by atoms with E-state index in [2.05, 4.69) is 10.3 Å². The fraction of sp³-hybridized carbons (Fsp3) is 0.227. The Hall–Kier alpha value is -3.81. The molecule has 0 aliphatic carbocycles. The number of rotatable bonds is 8. The van der Waals surface area contributed by atoms with Gasteiger partial charge in [-0.05, 0) is 37.3 Å². The molecule has 0 saturated carbocycles. The molecule has 1 amide bonds. The van der Waals surface area contributed by atoms with Gasteiger partial charge >= 0.3 is 5.97 Å². The van der Waals surface area contributed by atoms with Crippen molar-refractivity contribution in [1.29, 1.82) is 0 Å². The lowest BCUT2D eigenvalue weighted by Gasteiger charge is -2.18. The summed E-state index contributed by atoms with van der Waals surface area (Å²) >= 11 is 0. The zero-order valence-corrected chi connectivity index (χ0v) is 16.9. The van der Waals surface area contributed by atoms with Crippen molar-refractivity contribution >= 4 is 29.1 Å². The zero-order valence-electron chi connectivity index (χ0n) is 16.9. The highest BCUT2D eigenvalue weighted by molar-refractivity contribution is 5.89. The SMILES string of the molecule is COc1ccc(OC)c(C(C)NC(=O)COC(=O)/C=C/c2nc3ccccc3o2)c1. The topological polar surface area (TPSA) is 99.9 Å². The van der Waals surface area contributed by atoms with Crippen LogP contribution in [0.15, 0.2) is 53.0 Å². The fourth-order valence-corrected chi connectivity index (χ4v) is 2.82. The maximum Gasteiger partial charge on any atom is 0.331 e. The highest BCUT2D eigenvalue weighted by Crippen LogP contribution is 2.29. The van der Waals surface area contributed by atoms with Crippen molar-refractivity contribution in [2.24, 2.45) is 0 Å². The molecule has 0 saturated heterocycles. The molecule has 3 rings (SSSR count). The highest BCUT2D eigenvalue weighted by Gasteiger charge is 2.16. The second kappa shape index (κ2) is 9.60. The quantitative estimate of drug-likeness (QED) is 0.449. The average Bonchev–Trinajstić information content (AvgIpc) is 3.18. The van der Waals surface area contributed by atoms with Crippen molar-refractivity contribution in [3.63, 3.8) is 0 Å². The van der Waals surface area contributed by atoms with Crippen molar-refractivity contribution in [2.75, 3.05) is 20.8 Å². The van der Waals surface area contributed by atoms with Gasteiger partial charge in [-0.2, -0.15) is 0 Å². The number of benzene rings is 2. The van der Waals surface area contributed by atoms with Crippen LogP contribution in [0.1, 0.15) is 24.4 Å². The van der Waals surface area contributed by atoms with Gasteiger partial charge in [0, 0.05) is 17.7 Å². The highest BCUT2D eigenvalue weighted by atomic mass is 16.5. The Bertz CT molecular complexity index is 1040. The van der Waals surface area contributed by atoms with Crippen molar-refractivity contribution in [1.82, 2.24) is 10.3 Å². The van der Waals surface area contributed by atoms with E-state index in [0.29, 0.717) is 22.6 Å². The predicted octanol–water partition coefficient (Wildman–Crippen LogP) is 3.28. The van der Waals surface area contributed by atoms with Gasteiger partial charge in [0.2, 0.25) is 5.89 Å². The summed E-state index contributed by atoms with van der Waals surface area (Å²) in [6.45, 7) is 1.37. The van der Waals surface area contributed by atoms with Gasteiger partial charge in [-0.25, -0.2) is 9.78 Å². The van der Waals surface area contributed by atoms with Crippen LogP contribution >= 0.6 is 0 Å². The van der Waals surface area contributed by atoms with Gasteiger partial charge < -0.3 is 23.9 Å². The van der Waals surface area contributed by atoms with E-state index in [9.17, 15) is 9.59 Å². The minimum absolute atomic E-state index is 0.274. The van der Waals surface area contributed by atoms with Crippen LogP contribution in [0.5, 0.6) is 11.5 Å². The number of para-hydroxylation sites is 2. The van der Waals surface area contributed by atoms with E-state index in [0.717, 1.165) is 11.6 Å². The number of carbonyl (C=O) groups is 2. The average molecular weight is 410 g/mol. The van der Waals surface area contributed by atoms with Crippen LogP contribution in [0, 0.1) is 0 Å². The van der Waals surface area contributed by atoms with Crippen molar-refractivity contribution in [3.8, 4) is 11.5 Å². The van der Waals surface area contributed by atoms with Crippen LogP contribution in [-0.4, -0.2) is 37.7 Å². The summed E-state index contributed by atoms with van der Waals surface area (Å²) in [5.74, 6) is 0.399. The lowest BCUT2D eigenvalue weighted by Crippen LogP contribution is -2.31. The normalized spacial score (nSPS) is 12.0. The molecule has 0 fully saturated rings. The number of amides is 1. The predicted molar refractivity (Wildman–Crippen MR) is 110 cm³/mol. The van der Waals surface area contributed by atoms with Gasteiger partial charge in [-0.15, -0.1) is 0 Å². The van der Waals surface area contributed by atoms with Gasteiger partial charge in [0.15, 0.2) is 12.2 Å². The molecule has 0 bridgehead atoms. The number of fused-ring (bicyclic) bond motifs is 1. The standard InChI is InChI=1S/C22H22N2O6/c1-14(16-12-15(27-2)8-9-18(16)28-3)23-20(25)13-29-22(26)11-10-21-24-17-6-4-5-7-19(17)30-21/h4-12,14H,13H2,1-3H3,(H,23,25)/b11-10+. The molecule has 8 heteroatoms. The maximum absolute atomic E-state index is 12.2. The number of nitrogens with zero attached hydrogens (tertiary/aromatic N) is 1. The summed E-state index contributed by atoms with van der Waals surface area (Å²) in [5.41, 5.74) is 2.05. The smallest absolute Gasteiger partial charge is 0.331 e. The Labute approximate surface area is 173 Å². The number of aromatic nitrogens is 1. The van der Waals surface area contributed by atoms with E-state index in [-0.39, 0.29) is 11.9 Å². The first-order valence-electron chi connectivity index (χ1n) is 9.22. The number of ether oxygens (including phenoxy) is 3. The lowest BCUT2D eigenvalue weighted by molar-refractivity contribution is -0.144. The zero-order chi connectivity index (χ0) is 21.5. The summed E-state index contributed by atoms with van der Waals surface area (Å²) in [6, 6.07) is 12.2. The molecule has 1 heterocycles. The van der Waals surface area contributed by atoms with Crippen LogP contribution in [0.2, 0.25) is 0 Å². The Morgan fingerprint density at radius 3 is 2.70 bits per heavy atom. The first-order valence-corrected chi connectivity index (χ1v) is 9.22.